The Morgan fingerprint density at radius 1 is 1.43 bits per heavy atom. The van der Waals surface area contributed by atoms with Crippen LogP contribution in [-0.4, -0.2) is 4.98 Å². The summed E-state index contributed by atoms with van der Waals surface area (Å²) in [5.74, 6) is -0.310. The predicted octanol–water partition coefficient (Wildman–Crippen LogP) is 2.39. The summed E-state index contributed by atoms with van der Waals surface area (Å²) in [5, 5.41) is 0.791. The van der Waals surface area contributed by atoms with E-state index in [1.165, 1.54) is 6.07 Å². The van der Waals surface area contributed by atoms with Gasteiger partial charge in [0.2, 0.25) is 0 Å². The zero-order chi connectivity index (χ0) is 10.1. The van der Waals surface area contributed by atoms with Crippen molar-refractivity contribution in [1.29, 1.82) is 0 Å². The Morgan fingerprint density at radius 2 is 2.21 bits per heavy atom. The van der Waals surface area contributed by atoms with Gasteiger partial charge in [0.1, 0.15) is 11.3 Å². The summed E-state index contributed by atoms with van der Waals surface area (Å²) >= 11 is 0. The molecular formula is C11H11FN2. The van der Waals surface area contributed by atoms with Crippen molar-refractivity contribution in [2.75, 3.05) is 0 Å². The van der Waals surface area contributed by atoms with Crippen LogP contribution in [0, 0.1) is 5.82 Å². The Balaban J connectivity index is 2.72. The van der Waals surface area contributed by atoms with Gasteiger partial charge in [-0.3, -0.25) is 4.98 Å². The van der Waals surface area contributed by atoms with Crippen LogP contribution in [0.15, 0.2) is 30.5 Å². The molecule has 0 aliphatic heterocycles. The first-order valence-corrected chi connectivity index (χ1v) is 4.48. The van der Waals surface area contributed by atoms with Gasteiger partial charge in [-0.15, -0.1) is 0 Å². The van der Waals surface area contributed by atoms with Gasteiger partial charge in [0, 0.05) is 17.6 Å². The minimum atomic E-state index is -0.310. The second-order valence-electron chi connectivity index (χ2n) is 3.37. The van der Waals surface area contributed by atoms with Crippen LogP contribution < -0.4 is 5.73 Å². The highest BCUT2D eigenvalue weighted by atomic mass is 19.1. The van der Waals surface area contributed by atoms with Crippen LogP contribution >= 0.6 is 0 Å². The Bertz CT molecular complexity index is 466. The van der Waals surface area contributed by atoms with Crippen LogP contribution in [0.3, 0.4) is 0 Å². The summed E-state index contributed by atoms with van der Waals surface area (Å²) in [4.78, 5) is 3.97. The van der Waals surface area contributed by atoms with Gasteiger partial charge in [-0.25, -0.2) is 4.39 Å². The molecule has 0 aliphatic carbocycles. The minimum absolute atomic E-state index is 0.158. The number of benzene rings is 1. The molecule has 2 nitrogen and oxygen atoms in total. The van der Waals surface area contributed by atoms with E-state index >= 15 is 0 Å². The molecule has 0 radical (unpaired) electrons. The van der Waals surface area contributed by atoms with Gasteiger partial charge in [-0.2, -0.15) is 0 Å². The van der Waals surface area contributed by atoms with E-state index in [-0.39, 0.29) is 11.9 Å². The van der Waals surface area contributed by atoms with Crippen LogP contribution in [0.2, 0.25) is 0 Å². The highest BCUT2D eigenvalue weighted by Gasteiger charge is 2.06. The molecule has 1 atom stereocenters. The van der Waals surface area contributed by atoms with E-state index < -0.39 is 0 Å². The maximum absolute atomic E-state index is 13.5. The predicted molar refractivity (Wildman–Crippen MR) is 54.3 cm³/mol. The van der Waals surface area contributed by atoms with Crippen molar-refractivity contribution in [3.05, 3.63) is 41.8 Å². The summed E-state index contributed by atoms with van der Waals surface area (Å²) in [6.07, 6.45) is 1.58. The molecule has 0 saturated carbocycles. The highest BCUT2D eigenvalue weighted by Crippen LogP contribution is 2.20. The van der Waals surface area contributed by atoms with E-state index in [9.17, 15) is 4.39 Å². The first kappa shape index (κ1) is 9.09. The summed E-state index contributed by atoms with van der Waals surface area (Å²) in [7, 11) is 0. The van der Waals surface area contributed by atoms with Crippen molar-refractivity contribution in [2.24, 2.45) is 5.73 Å². The molecule has 72 valence electrons. The number of nitrogens with zero attached hydrogens (tertiary/aromatic N) is 1. The lowest BCUT2D eigenvalue weighted by molar-refractivity contribution is 0.631. The van der Waals surface area contributed by atoms with Crippen molar-refractivity contribution in [3.63, 3.8) is 0 Å². The third-order valence-corrected chi connectivity index (χ3v) is 2.21. The van der Waals surface area contributed by atoms with Gasteiger partial charge in [0.25, 0.3) is 0 Å². The van der Waals surface area contributed by atoms with Crippen molar-refractivity contribution in [3.8, 4) is 0 Å². The lowest BCUT2D eigenvalue weighted by Gasteiger charge is -2.07. The molecule has 1 aromatic carbocycles. The first-order chi connectivity index (χ1) is 6.68. The van der Waals surface area contributed by atoms with Gasteiger partial charge in [0.05, 0.1) is 0 Å². The van der Waals surface area contributed by atoms with E-state index in [1.54, 1.807) is 12.3 Å². The van der Waals surface area contributed by atoms with E-state index in [4.69, 9.17) is 5.73 Å². The molecule has 2 aromatic rings. The number of aromatic nitrogens is 1. The fraction of sp³-hybridized carbons (Fsp3) is 0.182. The van der Waals surface area contributed by atoms with E-state index in [1.807, 2.05) is 19.1 Å². The third-order valence-electron chi connectivity index (χ3n) is 2.21. The number of hydrogen-bond acceptors (Lipinski definition) is 2. The summed E-state index contributed by atoms with van der Waals surface area (Å²) in [6, 6.07) is 6.77. The maximum atomic E-state index is 13.5. The Labute approximate surface area is 81.6 Å². The van der Waals surface area contributed by atoms with Crippen molar-refractivity contribution in [2.45, 2.75) is 13.0 Å². The van der Waals surface area contributed by atoms with Gasteiger partial charge in [-0.1, -0.05) is 6.07 Å². The quantitative estimate of drug-likeness (QED) is 0.749. The normalized spacial score (nSPS) is 13.1. The largest absolute Gasteiger partial charge is 0.324 e. The topological polar surface area (TPSA) is 38.9 Å². The zero-order valence-electron chi connectivity index (χ0n) is 7.87. The molecule has 0 spiro atoms. The summed E-state index contributed by atoms with van der Waals surface area (Å²) < 4.78 is 13.5. The van der Waals surface area contributed by atoms with E-state index in [2.05, 4.69) is 4.98 Å². The molecule has 0 saturated heterocycles. The minimum Gasteiger partial charge on any atom is -0.324 e. The Kier molecular flexibility index (Phi) is 2.17. The second kappa shape index (κ2) is 3.35. The average molecular weight is 190 g/mol. The van der Waals surface area contributed by atoms with Crippen molar-refractivity contribution < 1.29 is 4.39 Å². The lowest BCUT2D eigenvalue weighted by Crippen LogP contribution is -2.05. The molecule has 2 rings (SSSR count). The molecule has 0 aliphatic rings. The van der Waals surface area contributed by atoms with Crippen molar-refractivity contribution in [1.82, 2.24) is 4.98 Å². The van der Waals surface area contributed by atoms with Gasteiger partial charge in [0.15, 0.2) is 0 Å². The lowest BCUT2D eigenvalue weighted by atomic mass is 10.1. The third kappa shape index (κ3) is 1.46. The molecule has 0 bridgehead atoms. The Hall–Kier alpha value is -1.48. The Morgan fingerprint density at radius 3 is 2.93 bits per heavy atom. The summed E-state index contributed by atoms with van der Waals surface area (Å²) in [5.41, 5.74) is 6.88. The van der Waals surface area contributed by atoms with Crippen LogP contribution in [0.4, 0.5) is 4.39 Å². The molecular weight excluding hydrogens is 179 g/mol. The standard InChI is InChI=1S/C11H11FN2/c1-7(13)9-5-8-3-2-4-14-11(8)10(12)6-9/h2-7H,13H2,1H3. The first-order valence-electron chi connectivity index (χ1n) is 4.48. The van der Waals surface area contributed by atoms with Crippen LogP contribution in [-0.2, 0) is 0 Å². The van der Waals surface area contributed by atoms with Crippen LogP contribution in [0.25, 0.3) is 10.9 Å². The zero-order valence-corrected chi connectivity index (χ0v) is 7.87. The van der Waals surface area contributed by atoms with Gasteiger partial charge in [-0.05, 0) is 30.7 Å². The fourth-order valence-corrected chi connectivity index (χ4v) is 1.43. The molecule has 1 heterocycles. The number of pyridine rings is 1. The molecule has 2 N–H and O–H groups in total. The molecule has 1 aromatic heterocycles. The fourth-order valence-electron chi connectivity index (χ4n) is 1.43. The second-order valence-corrected chi connectivity index (χ2v) is 3.37. The maximum Gasteiger partial charge on any atom is 0.149 e. The summed E-state index contributed by atoms with van der Waals surface area (Å²) in [6.45, 7) is 1.83. The monoisotopic (exact) mass is 190 g/mol. The molecule has 14 heavy (non-hydrogen) atoms. The average Bonchev–Trinajstić information content (AvgIpc) is 2.17. The molecule has 0 fully saturated rings. The number of halogens is 1. The molecule has 3 heteroatoms. The van der Waals surface area contributed by atoms with Crippen LogP contribution in [0.1, 0.15) is 18.5 Å². The SMILES string of the molecule is CC(N)c1cc(F)c2ncccc2c1. The number of rotatable bonds is 1. The number of hydrogen-bond donors (Lipinski definition) is 1. The molecule has 1 unspecified atom stereocenters. The number of nitrogens with two attached hydrogens (primary N) is 1. The number of fused-ring (bicyclic) bond motifs is 1. The van der Waals surface area contributed by atoms with Crippen LogP contribution in [0.5, 0.6) is 0 Å². The molecule has 0 amide bonds. The smallest absolute Gasteiger partial charge is 0.149 e. The van der Waals surface area contributed by atoms with Crippen molar-refractivity contribution >= 4 is 10.9 Å². The van der Waals surface area contributed by atoms with E-state index in [0.29, 0.717) is 5.52 Å². The highest BCUT2D eigenvalue weighted by molar-refractivity contribution is 5.79. The van der Waals surface area contributed by atoms with E-state index in [0.717, 1.165) is 10.9 Å². The van der Waals surface area contributed by atoms with Gasteiger partial charge < -0.3 is 5.73 Å². The van der Waals surface area contributed by atoms with Gasteiger partial charge >= 0.3 is 0 Å².